The van der Waals surface area contributed by atoms with Gasteiger partial charge in [-0.3, -0.25) is 0 Å². The fourth-order valence-corrected chi connectivity index (χ4v) is 10.3. The van der Waals surface area contributed by atoms with Gasteiger partial charge in [-0.2, -0.15) is 0 Å². The second kappa shape index (κ2) is 14.0. The molecule has 9 aromatic carbocycles. The van der Waals surface area contributed by atoms with Crippen molar-refractivity contribution in [3.05, 3.63) is 216 Å². The summed E-state index contributed by atoms with van der Waals surface area (Å²) < 4.78 is 0. The van der Waals surface area contributed by atoms with Crippen LogP contribution in [-0.2, 0) is 10.8 Å². The van der Waals surface area contributed by atoms with E-state index in [0.29, 0.717) is 5.56 Å². The van der Waals surface area contributed by atoms with Crippen molar-refractivity contribution in [2.24, 2.45) is 0 Å². The Morgan fingerprint density at radius 2 is 0.806 bits per heavy atom. The van der Waals surface area contributed by atoms with E-state index in [1.807, 2.05) is 18.2 Å². The van der Waals surface area contributed by atoms with Gasteiger partial charge in [-0.1, -0.05) is 131 Å². The van der Waals surface area contributed by atoms with Gasteiger partial charge in [0, 0.05) is 44.7 Å². The number of hydrogen-bond donors (Lipinski definition) is 2. The SMILES string of the molecule is CC1(C)c2cc(N(c3ccccc3)c3ccc(-c4c(O)cccc4O)cc3)ccc2-c2cc3c(cc21)-c1c(cc(N(c2ccccc2)c2ccccc2)c2ccccc12)C3(C)C. The lowest BCUT2D eigenvalue weighted by Crippen LogP contribution is -2.18. The molecule has 0 saturated heterocycles. The Balaban J connectivity index is 1.04. The third-order valence-corrected chi connectivity index (χ3v) is 13.4. The molecular formula is C58H46N2O2. The number of nitrogens with zero attached hydrogens (tertiary/aromatic N) is 2. The van der Waals surface area contributed by atoms with Gasteiger partial charge in [0.2, 0.25) is 0 Å². The maximum absolute atomic E-state index is 10.6. The van der Waals surface area contributed by atoms with Gasteiger partial charge >= 0.3 is 0 Å². The Morgan fingerprint density at radius 1 is 0.339 bits per heavy atom. The molecule has 2 aliphatic rings. The molecule has 9 aromatic rings. The van der Waals surface area contributed by atoms with Gasteiger partial charge in [-0.15, -0.1) is 0 Å². The number of hydrogen-bond acceptors (Lipinski definition) is 4. The minimum absolute atomic E-state index is 0.0478. The molecule has 0 bridgehead atoms. The van der Waals surface area contributed by atoms with E-state index in [-0.39, 0.29) is 22.3 Å². The monoisotopic (exact) mass is 802 g/mol. The predicted octanol–water partition coefficient (Wildman–Crippen LogP) is 15.5. The predicted molar refractivity (Wildman–Crippen MR) is 257 cm³/mol. The highest BCUT2D eigenvalue weighted by molar-refractivity contribution is 6.10. The summed E-state index contributed by atoms with van der Waals surface area (Å²) >= 11 is 0. The van der Waals surface area contributed by atoms with Gasteiger partial charge < -0.3 is 20.0 Å². The maximum Gasteiger partial charge on any atom is 0.127 e. The molecule has 0 radical (unpaired) electrons. The highest BCUT2D eigenvalue weighted by atomic mass is 16.3. The molecule has 2 N–H and O–H groups in total. The third kappa shape index (κ3) is 5.67. The molecule has 11 rings (SSSR count). The van der Waals surface area contributed by atoms with Gasteiger partial charge in [0.05, 0.1) is 11.3 Å². The van der Waals surface area contributed by atoms with Gasteiger partial charge in [-0.05, 0) is 146 Å². The van der Waals surface area contributed by atoms with E-state index < -0.39 is 0 Å². The van der Waals surface area contributed by atoms with Crippen molar-refractivity contribution in [2.45, 2.75) is 38.5 Å². The van der Waals surface area contributed by atoms with Crippen molar-refractivity contribution in [3.8, 4) is 44.9 Å². The summed E-state index contributed by atoms with van der Waals surface area (Å²) in [5, 5.41) is 23.7. The summed E-state index contributed by atoms with van der Waals surface area (Å²) in [6.07, 6.45) is 0. The van der Waals surface area contributed by atoms with E-state index in [1.54, 1.807) is 18.2 Å². The highest BCUT2D eigenvalue weighted by Gasteiger charge is 2.43. The van der Waals surface area contributed by atoms with Gasteiger partial charge in [0.25, 0.3) is 0 Å². The first kappa shape index (κ1) is 37.4. The van der Waals surface area contributed by atoms with E-state index in [2.05, 4.69) is 195 Å². The number of para-hydroxylation sites is 3. The Labute approximate surface area is 363 Å². The normalized spacial score (nSPS) is 13.9. The van der Waals surface area contributed by atoms with Crippen LogP contribution in [0.2, 0.25) is 0 Å². The summed E-state index contributed by atoms with van der Waals surface area (Å²) in [6.45, 7) is 9.53. The fourth-order valence-electron chi connectivity index (χ4n) is 10.3. The fraction of sp³-hybridized carbons (Fsp3) is 0.103. The zero-order chi connectivity index (χ0) is 42.3. The molecule has 62 heavy (non-hydrogen) atoms. The van der Waals surface area contributed by atoms with Gasteiger partial charge in [-0.25, -0.2) is 0 Å². The van der Waals surface area contributed by atoms with Crippen LogP contribution in [0.4, 0.5) is 34.1 Å². The average molecular weight is 803 g/mol. The summed E-state index contributed by atoms with van der Waals surface area (Å²) in [7, 11) is 0. The number of benzene rings is 9. The summed E-state index contributed by atoms with van der Waals surface area (Å²) in [5.41, 5.74) is 17.7. The maximum atomic E-state index is 10.6. The molecule has 4 heteroatoms. The standard InChI is InChI=1S/C58H46N2O2/c1-57(2)48-33-42(59(38-17-8-5-9-18-38)41-29-27-37(28-30-41)55-53(61)25-16-26-54(55)62)31-32-43(48)46-34-50-47(35-49(46)57)56-45-24-15-14-23-44(45)52(36-51(56)58(50,3)4)60(39-19-10-6-11-20-39)40-21-12-7-13-22-40/h5-36,61-62H,1-4H3. The molecule has 4 nitrogen and oxygen atoms in total. The van der Waals surface area contributed by atoms with Crippen LogP contribution in [-0.4, -0.2) is 10.2 Å². The van der Waals surface area contributed by atoms with Crippen molar-refractivity contribution >= 4 is 44.9 Å². The summed E-state index contributed by atoms with van der Waals surface area (Å²) in [5.74, 6) is 0.0956. The number of fused-ring (bicyclic) bond motifs is 8. The first-order chi connectivity index (χ1) is 30.1. The molecule has 0 spiro atoms. The molecule has 2 aliphatic carbocycles. The topological polar surface area (TPSA) is 46.9 Å². The lowest BCUT2D eigenvalue weighted by atomic mass is 9.79. The minimum atomic E-state index is -0.273. The van der Waals surface area contributed by atoms with E-state index in [9.17, 15) is 10.2 Å². The van der Waals surface area contributed by atoms with Crippen LogP contribution in [0.3, 0.4) is 0 Å². The minimum Gasteiger partial charge on any atom is -0.507 e. The highest BCUT2D eigenvalue weighted by Crippen LogP contribution is 2.59. The van der Waals surface area contributed by atoms with Crippen LogP contribution >= 0.6 is 0 Å². The van der Waals surface area contributed by atoms with Gasteiger partial charge in [0.15, 0.2) is 0 Å². The van der Waals surface area contributed by atoms with Crippen molar-refractivity contribution in [1.82, 2.24) is 0 Å². The van der Waals surface area contributed by atoms with Crippen LogP contribution in [0.25, 0.3) is 44.2 Å². The molecule has 0 unspecified atom stereocenters. The quantitative estimate of drug-likeness (QED) is 0.168. The number of phenols is 2. The largest absolute Gasteiger partial charge is 0.507 e. The van der Waals surface area contributed by atoms with Crippen LogP contribution in [0.1, 0.15) is 49.9 Å². The molecular weight excluding hydrogens is 757 g/mol. The zero-order valence-corrected chi connectivity index (χ0v) is 35.3. The molecule has 0 fully saturated rings. The zero-order valence-electron chi connectivity index (χ0n) is 35.3. The van der Waals surface area contributed by atoms with E-state index in [0.717, 1.165) is 34.0 Å². The van der Waals surface area contributed by atoms with Crippen molar-refractivity contribution in [1.29, 1.82) is 0 Å². The van der Waals surface area contributed by atoms with E-state index in [1.165, 1.54) is 61.0 Å². The number of anilines is 6. The molecule has 0 aromatic heterocycles. The van der Waals surface area contributed by atoms with Crippen LogP contribution in [0.5, 0.6) is 11.5 Å². The Morgan fingerprint density at radius 3 is 1.42 bits per heavy atom. The molecule has 0 atom stereocenters. The molecule has 0 heterocycles. The summed E-state index contributed by atoms with van der Waals surface area (Å²) in [4.78, 5) is 4.69. The molecule has 300 valence electrons. The smallest absolute Gasteiger partial charge is 0.127 e. The van der Waals surface area contributed by atoms with Crippen LogP contribution in [0.15, 0.2) is 194 Å². The Kier molecular flexibility index (Phi) is 8.46. The lowest BCUT2D eigenvalue weighted by Gasteiger charge is -2.29. The first-order valence-electron chi connectivity index (χ1n) is 21.4. The Bertz CT molecular complexity index is 3130. The van der Waals surface area contributed by atoms with E-state index >= 15 is 0 Å². The average Bonchev–Trinajstić information content (AvgIpc) is 3.66. The van der Waals surface area contributed by atoms with Gasteiger partial charge in [0.1, 0.15) is 11.5 Å². The first-order valence-corrected chi connectivity index (χ1v) is 21.4. The number of phenolic OH excluding ortho intramolecular Hbond substituents is 2. The second-order valence-electron chi connectivity index (χ2n) is 17.7. The molecule has 0 saturated carbocycles. The van der Waals surface area contributed by atoms with Crippen molar-refractivity contribution in [2.75, 3.05) is 9.80 Å². The third-order valence-electron chi connectivity index (χ3n) is 13.4. The molecule has 0 amide bonds. The lowest BCUT2D eigenvalue weighted by molar-refractivity contribution is 0.454. The van der Waals surface area contributed by atoms with Crippen molar-refractivity contribution in [3.63, 3.8) is 0 Å². The number of rotatable bonds is 7. The van der Waals surface area contributed by atoms with E-state index in [4.69, 9.17) is 0 Å². The van der Waals surface area contributed by atoms with Crippen molar-refractivity contribution < 1.29 is 10.2 Å². The second-order valence-corrected chi connectivity index (χ2v) is 17.7. The van der Waals surface area contributed by atoms with Crippen LogP contribution in [0, 0.1) is 0 Å². The van der Waals surface area contributed by atoms with Crippen LogP contribution < -0.4 is 9.80 Å². The number of aromatic hydroxyl groups is 2. The molecule has 0 aliphatic heterocycles. The Hall–Kier alpha value is -7.56. The summed E-state index contributed by atoms with van der Waals surface area (Å²) in [6, 6.07) is 68.1.